The molecule has 1 aliphatic rings. The summed E-state index contributed by atoms with van der Waals surface area (Å²) in [5.74, 6) is 0.225. The maximum atomic E-state index is 11.6. The van der Waals surface area contributed by atoms with Crippen molar-refractivity contribution >= 4 is 10.0 Å². The van der Waals surface area contributed by atoms with Crippen LogP contribution in [0, 0.1) is 5.92 Å². The van der Waals surface area contributed by atoms with E-state index in [2.05, 4.69) is 0 Å². The first-order valence-electron chi connectivity index (χ1n) is 4.67. The molecule has 0 amide bonds. The van der Waals surface area contributed by atoms with Crippen molar-refractivity contribution in [2.45, 2.75) is 26.0 Å². The lowest BCUT2D eigenvalue weighted by atomic mass is 10.1. The minimum absolute atomic E-state index is 0.0911. The van der Waals surface area contributed by atoms with Gasteiger partial charge >= 0.3 is 0 Å². The number of aliphatic hydroxyl groups is 2. The van der Waals surface area contributed by atoms with Gasteiger partial charge in [0.25, 0.3) is 0 Å². The molecule has 0 aromatic rings. The summed E-state index contributed by atoms with van der Waals surface area (Å²) in [6.07, 6.45) is -1.00. The van der Waals surface area contributed by atoms with Gasteiger partial charge in [-0.05, 0) is 12.8 Å². The summed E-state index contributed by atoms with van der Waals surface area (Å²) in [4.78, 5) is 0. The van der Waals surface area contributed by atoms with Crippen LogP contribution in [-0.4, -0.2) is 54.0 Å². The molecule has 0 spiro atoms. The molecule has 0 aromatic heterocycles. The number of rotatable bonds is 3. The zero-order valence-electron chi connectivity index (χ0n) is 8.42. The number of hydrogen-bond acceptors (Lipinski definition) is 4. The number of aliphatic hydroxyl groups excluding tert-OH is 2. The van der Waals surface area contributed by atoms with Gasteiger partial charge in [-0.3, -0.25) is 0 Å². The summed E-state index contributed by atoms with van der Waals surface area (Å²) in [6.45, 7) is 3.48. The van der Waals surface area contributed by atoms with Gasteiger partial charge in [0, 0.05) is 6.54 Å². The highest BCUT2D eigenvalue weighted by Crippen LogP contribution is 2.22. The number of hydrogen-bond donors (Lipinski definition) is 2. The Morgan fingerprint density at radius 1 is 1.57 bits per heavy atom. The van der Waals surface area contributed by atoms with Gasteiger partial charge in [0.1, 0.15) is 0 Å². The first-order chi connectivity index (χ1) is 6.38. The van der Waals surface area contributed by atoms with Gasteiger partial charge in [-0.2, -0.15) is 4.31 Å². The highest BCUT2D eigenvalue weighted by atomic mass is 32.2. The molecule has 0 bridgehead atoms. The molecule has 3 unspecified atom stereocenters. The van der Waals surface area contributed by atoms with Crippen molar-refractivity contribution in [2.75, 3.05) is 18.9 Å². The van der Waals surface area contributed by atoms with Crippen LogP contribution in [0.25, 0.3) is 0 Å². The largest absolute Gasteiger partial charge is 0.394 e. The molecular formula is C8H17NO4S. The molecule has 1 saturated heterocycles. The van der Waals surface area contributed by atoms with Gasteiger partial charge in [-0.25, -0.2) is 8.42 Å². The van der Waals surface area contributed by atoms with Crippen molar-refractivity contribution < 1.29 is 18.6 Å². The SMILES string of the molecule is CC1CN(C(C)C(O)CO)S(=O)(=O)C1. The fourth-order valence-electron chi connectivity index (χ4n) is 1.69. The predicted octanol–water partition coefficient (Wildman–Crippen LogP) is -0.990. The zero-order chi connectivity index (χ0) is 10.9. The highest BCUT2D eigenvalue weighted by molar-refractivity contribution is 7.89. The molecular weight excluding hydrogens is 206 g/mol. The Labute approximate surface area is 84.4 Å². The van der Waals surface area contributed by atoms with Crippen molar-refractivity contribution in [3.05, 3.63) is 0 Å². The smallest absolute Gasteiger partial charge is 0.214 e. The second-order valence-corrected chi connectivity index (χ2v) is 5.91. The Balaban J connectivity index is 2.78. The van der Waals surface area contributed by atoms with Gasteiger partial charge in [0.05, 0.1) is 24.5 Å². The molecule has 1 rings (SSSR count). The van der Waals surface area contributed by atoms with Crippen LogP contribution in [0.1, 0.15) is 13.8 Å². The molecule has 1 heterocycles. The molecule has 6 heteroatoms. The maximum absolute atomic E-state index is 11.6. The summed E-state index contributed by atoms with van der Waals surface area (Å²) >= 11 is 0. The molecule has 84 valence electrons. The third-order valence-corrected chi connectivity index (χ3v) is 4.73. The second-order valence-electron chi connectivity index (χ2n) is 3.94. The van der Waals surface area contributed by atoms with E-state index in [0.717, 1.165) is 0 Å². The van der Waals surface area contributed by atoms with Gasteiger partial charge in [0.2, 0.25) is 10.0 Å². The van der Waals surface area contributed by atoms with Crippen LogP contribution in [0.15, 0.2) is 0 Å². The molecule has 0 radical (unpaired) electrons. The summed E-state index contributed by atoms with van der Waals surface area (Å²) in [7, 11) is -3.23. The van der Waals surface area contributed by atoms with Crippen LogP contribution in [0.4, 0.5) is 0 Å². The Morgan fingerprint density at radius 3 is 2.50 bits per heavy atom. The van der Waals surface area contributed by atoms with Crippen molar-refractivity contribution in [2.24, 2.45) is 5.92 Å². The first kappa shape index (κ1) is 11.9. The monoisotopic (exact) mass is 223 g/mol. The van der Waals surface area contributed by atoms with E-state index in [4.69, 9.17) is 5.11 Å². The Morgan fingerprint density at radius 2 is 2.14 bits per heavy atom. The van der Waals surface area contributed by atoms with E-state index in [1.54, 1.807) is 6.92 Å². The first-order valence-corrected chi connectivity index (χ1v) is 6.28. The van der Waals surface area contributed by atoms with Crippen LogP contribution < -0.4 is 0 Å². The van der Waals surface area contributed by atoms with Crippen LogP contribution in [0.5, 0.6) is 0 Å². The van der Waals surface area contributed by atoms with Crippen molar-refractivity contribution in [3.8, 4) is 0 Å². The third kappa shape index (κ3) is 2.25. The van der Waals surface area contributed by atoms with E-state index in [1.165, 1.54) is 4.31 Å². The Kier molecular flexibility index (Phi) is 3.52. The highest BCUT2D eigenvalue weighted by Gasteiger charge is 2.38. The lowest BCUT2D eigenvalue weighted by Gasteiger charge is -2.26. The third-order valence-electron chi connectivity index (χ3n) is 2.54. The molecule has 3 atom stereocenters. The summed E-state index contributed by atoms with van der Waals surface area (Å²) in [5.41, 5.74) is 0. The van der Waals surface area contributed by atoms with Crippen molar-refractivity contribution in [3.63, 3.8) is 0 Å². The zero-order valence-corrected chi connectivity index (χ0v) is 9.24. The average Bonchev–Trinajstić information content (AvgIpc) is 2.36. The number of nitrogens with zero attached hydrogens (tertiary/aromatic N) is 1. The average molecular weight is 223 g/mol. The molecule has 14 heavy (non-hydrogen) atoms. The Bertz CT molecular complexity index is 290. The molecule has 0 aliphatic carbocycles. The molecule has 1 aliphatic heterocycles. The van der Waals surface area contributed by atoms with E-state index in [-0.39, 0.29) is 11.7 Å². The van der Waals surface area contributed by atoms with E-state index in [0.29, 0.717) is 6.54 Å². The van der Waals surface area contributed by atoms with Gasteiger partial charge in [-0.1, -0.05) is 6.92 Å². The lowest BCUT2D eigenvalue weighted by molar-refractivity contribution is 0.0452. The molecule has 0 aromatic carbocycles. The Hall–Kier alpha value is -0.170. The summed E-state index contributed by atoms with van der Waals surface area (Å²) < 4.78 is 24.4. The van der Waals surface area contributed by atoms with Crippen LogP contribution in [0.3, 0.4) is 0 Å². The molecule has 2 N–H and O–H groups in total. The minimum Gasteiger partial charge on any atom is -0.394 e. The second kappa shape index (κ2) is 4.14. The van der Waals surface area contributed by atoms with Gasteiger partial charge in [-0.15, -0.1) is 0 Å². The van der Waals surface area contributed by atoms with Crippen LogP contribution in [-0.2, 0) is 10.0 Å². The topological polar surface area (TPSA) is 77.8 Å². The number of sulfonamides is 1. The molecule has 5 nitrogen and oxygen atoms in total. The van der Waals surface area contributed by atoms with Crippen LogP contribution in [0.2, 0.25) is 0 Å². The summed E-state index contributed by atoms with van der Waals surface area (Å²) in [5, 5.41) is 18.1. The van der Waals surface area contributed by atoms with Crippen LogP contribution >= 0.6 is 0 Å². The summed E-state index contributed by atoms with van der Waals surface area (Å²) in [6, 6.07) is -0.546. The van der Waals surface area contributed by atoms with E-state index >= 15 is 0 Å². The molecule has 0 saturated carbocycles. The minimum atomic E-state index is -3.23. The molecule has 1 fully saturated rings. The maximum Gasteiger partial charge on any atom is 0.214 e. The normalized spacial score (nSPS) is 31.6. The predicted molar refractivity (Wildman–Crippen MR) is 52.2 cm³/mol. The standard InChI is InChI=1S/C8H17NO4S/c1-6-3-9(14(12,13)5-6)7(2)8(11)4-10/h6-8,10-11H,3-5H2,1-2H3. The van der Waals surface area contributed by atoms with Gasteiger partial charge in [0.15, 0.2) is 0 Å². The van der Waals surface area contributed by atoms with E-state index in [9.17, 15) is 13.5 Å². The lowest BCUT2D eigenvalue weighted by Crippen LogP contribution is -2.44. The van der Waals surface area contributed by atoms with Crippen molar-refractivity contribution in [1.29, 1.82) is 0 Å². The van der Waals surface area contributed by atoms with Gasteiger partial charge < -0.3 is 10.2 Å². The quantitative estimate of drug-likeness (QED) is 0.644. The van der Waals surface area contributed by atoms with Crippen molar-refractivity contribution in [1.82, 2.24) is 4.31 Å². The van der Waals surface area contributed by atoms with E-state index in [1.807, 2.05) is 6.92 Å². The van der Waals surface area contributed by atoms with E-state index < -0.39 is 28.8 Å². The fourth-order valence-corrected chi connectivity index (χ4v) is 3.84. The fraction of sp³-hybridized carbons (Fsp3) is 1.00.